The second kappa shape index (κ2) is 6.48. The summed E-state index contributed by atoms with van der Waals surface area (Å²) in [5.74, 6) is 0.465. The fourth-order valence-electron chi connectivity index (χ4n) is 2.01. The van der Waals surface area contributed by atoms with Crippen LogP contribution in [0.3, 0.4) is 0 Å². The standard InChI is InChI=1S/C19H20O3/c1-19(2,3)15-8-10-16(11-9-15)22-17-6-4-5-14(13-17)7-12-18(20)21/h4-13H,1-3H3,(H,20,21)/b12-7+. The van der Waals surface area contributed by atoms with Gasteiger partial charge in [0.25, 0.3) is 0 Å². The van der Waals surface area contributed by atoms with Gasteiger partial charge in [0.15, 0.2) is 0 Å². The Hall–Kier alpha value is -2.55. The van der Waals surface area contributed by atoms with Crippen LogP contribution in [0.4, 0.5) is 0 Å². The molecule has 0 aliphatic rings. The molecule has 0 saturated carbocycles. The molecule has 2 aromatic rings. The SMILES string of the molecule is CC(C)(C)c1ccc(Oc2cccc(/C=C/C(=O)O)c2)cc1. The van der Waals surface area contributed by atoms with Crippen molar-refractivity contribution in [1.82, 2.24) is 0 Å². The van der Waals surface area contributed by atoms with Crippen molar-refractivity contribution in [3.05, 3.63) is 65.7 Å². The summed E-state index contributed by atoms with van der Waals surface area (Å²) in [5.41, 5.74) is 2.14. The van der Waals surface area contributed by atoms with Crippen LogP contribution in [0.25, 0.3) is 6.08 Å². The van der Waals surface area contributed by atoms with E-state index in [1.165, 1.54) is 11.6 Å². The summed E-state index contributed by atoms with van der Waals surface area (Å²) in [6.07, 6.45) is 2.65. The number of carboxylic acids is 1. The van der Waals surface area contributed by atoms with E-state index in [1.54, 1.807) is 6.07 Å². The minimum Gasteiger partial charge on any atom is -0.478 e. The molecule has 0 radical (unpaired) electrons. The Morgan fingerprint density at radius 3 is 2.32 bits per heavy atom. The minimum absolute atomic E-state index is 0.111. The van der Waals surface area contributed by atoms with Gasteiger partial charge in [0.2, 0.25) is 0 Å². The van der Waals surface area contributed by atoms with Crippen LogP contribution in [0.1, 0.15) is 31.9 Å². The first-order valence-corrected chi connectivity index (χ1v) is 7.14. The smallest absolute Gasteiger partial charge is 0.328 e. The number of benzene rings is 2. The zero-order chi connectivity index (χ0) is 16.2. The van der Waals surface area contributed by atoms with Crippen molar-refractivity contribution in [3.63, 3.8) is 0 Å². The quantitative estimate of drug-likeness (QED) is 0.818. The van der Waals surface area contributed by atoms with Crippen LogP contribution < -0.4 is 4.74 Å². The molecule has 0 aliphatic heterocycles. The monoisotopic (exact) mass is 296 g/mol. The minimum atomic E-state index is -0.968. The molecule has 0 aromatic heterocycles. The second-order valence-electron chi connectivity index (χ2n) is 6.12. The molecule has 3 heteroatoms. The molecule has 2 aromatic carbocycles. The molecule has 0 atom stereocenters. The number of carboxylic acid groups (broad SMARTS) is 1. The van der Waals surface area contributed by atoms with E-state index in [4.69, 9.17) is 9.84 Å². The highest BCUT2D eigenvalue weighted by Gasteiger charge is 2.13. The van der Waals surface area contributed by atoms with Gasteiger partial charge in [-0.25, -0.2) is 4.79 Å². The zero-order valence-electron chi connectivity index (χ0n) is 13.0. The molecule has 2 rings (SSSR count). The molecular formula is C19H20O3. The summed E-state index contributed by atoms with van der Waals surface area (Å²) >= 11 is 0. The summed E-state index contributed by atoms with van der Waals surface area (Å²) in [6, 6.07) is 15.3. The lowest BCUT2D eigenvalue weighted by Crippen LogP contribution is -2.10. The van der Waals surface area contributed by atoms with Crippen LogP contribution in [0, 0.1) is 0 Å². The van der Waals surface area contributed by atoms with E-state index in [2.05, 4.69) is 32.9 Å². The van der Waals surface area contributed by atoms with Crippen molar-refractivity contribution in [1.29, 1.82) is 0 Å². The Bertz CT molecular complexity index is 677. The number of hydrogen-bond donors (Lipinski definition) is 1. The highest BCUT2D eigenvalue weighted by Crippen LogP contribution is 2.27. The molecule has 3 nitrogen and oxygen atoms in total. The largest absolute Gasteiger partial charge is 0.478 e. The van der Waals surface area contributed by atoms with Gasteiger partial charge in [-0.3, -0.25) is 0 Å². The number of carbonyl (C=O) groups is 1. The Morgan fingerprint density at radius 1 is 1.05 bits per heavy atom. The molecule has 0 unspecified atom stereocenters. The van der Waals surface area contributed by atoms with Crippen molar-refractivity contribution < 1.29 is 14.6 Å². The third kappa shape index (κ3) is 4.48. The average molecular weight is 296 g/mol. The summed E-state index contributed by atoms with van der Waals surface area (Å²) in [7, 11) is 0. The third-order valence-electron chi connectivity index (χ3n) is 3.23. The first kappa shape index (κ1) is 15.8. The second-order valence-corrected chi connectivity index (χ2v) is 6.12. The van der Waals surface area contributed by atoms with Crippen molar-refractivity contribution in [2.75, 3.05) is 0 Å². The Balaban J connectivity index is 2.14. The fraction of sp³-hybridized carbons (Fsp3) is 0.211. The summed E-state index contributed by atoms with van der Waals surface area (Å²) in [6.45, 7) is 6.50. The first-order valence-electron chi connectivity index (χ1n) is 7.14. The lowest BCUT2D eigenvalue weighted by atomic mass is 9.87. The van der Waals surface area contributed by atoms with Gasteiger partial charge < -0.3 is 9.84 Å². The van der Waals surface area contributed by atoms with Crippen molar-refractivity contribution in [3.8, 4) is 11.5 Å². The van der Waals surface area contributed by atoms with Crippen LogP contribution in [-0.4, -0.2) is 11.1 Å². The molecule has 0 heterocycles. The summed E-state index contributed by atoms with van der Waals surface area (Å²) in [5, 5.41) is 8.65. The van der Waals surface area contributed by atoms with Gasteiger partial charge in [-0.2, -0.15) is 0 Å². The van der Waals surface area contributed by atoms with E-state index in [0.29, 0.717) is 5.75 Å². The van der Waals surface area contributed by atoms with Crippen LogP contribution in [-0.2, 0) is 10.2 Å². The van der Waals surface area contributed by atoms with Crippen LogP contribution in [0.2, 0.25) is 0 Å². The van der Waals surface area contributed by atoms with Crippen LogP contribution in [0.5, 0.6) is 11.5 Å². The normalized spacial score (nSPS) is 11.6. The zero-order valence-corrected chi connectivity index (χ0v) is 13.0. The molecule has 0 amide bonds. The summed E-state index contributed by atoms with van der Waals surface area (Å²) < 4.78 is 5.81. The molecule has 0 bridgehead atoms. The molecule has 0 fully saturated rings. The molecule has 0 spiro atoms. The predicted octanol–water partition coefficient (Wildman–Crippen LogP) is 4.87. The maximum atomic E-state index is 10.5. The number of ether oxygens (including phenoxy) is 1. The van der Waals surface area contributed by atoms with Crippen molar-refractivity contribution in [2.45, 2.75) is 26.2 Å². The lowest BCUT2D eigenvalue weighted by Gasteiger charge is -2.19. The van der Waals surface area contributed by atoms with Crippen molar-refractivity contribution >= 4 is 12.0 Å². The van der Waals surface area contributed by atoms with E-state index in [0.717, 1.165) is 17.4 Å². The average Bonchev–Trinajstić information content (AvgIpc) is 2.45. The van der Waals surface area contributed by atoms with E-state index >= 15 is 0 Å². The van der Waals surface area contributed by atoms with Gasteiger partial charge in [-0.15, -0.1) is 0 Å². The molecular weight excluding hydrogens is 276 g/mol. The van der Waals surface area contributed by atoms with Gasteiger partial charge in [0.05, 0.1) is 0 Å². The van der Waals surface area contributed by atoms with E-state index in [-0.39, 0.29) is 5.41 Å². The topological polar surface area (TPSA) is 46.5 Å². The van der Waals surface area contributed by atoms with Gasteiger partial charge in [0.1, 0.15) is 11.5 Å². The number of hydrogen-bond acceptors (Lipinski definition) is 2. The van der Waals surface area contributed by atoms with Gasteiger partial charge in [-0.05, 0) is 46.9 Å². The third-order valence-corrected chi connectivity index (χ3v) is 3.23. The fourth-order valence-corrected chi connectivity index (χ4v) is 2.01. The highest BCUT2D eigenvalue weighted by atomic mass is 16.5. The van der Waals surface area contributed by atoms with E-state index in [1.807, 2.05) is 30.3 Å². The molecule has 1 N–H and O–H groups in total. The maximum Gasteiger partial charge on any atom is 0.328 e. The highest BCUT2D eigenvalue weighted by molar-refractivity contribution is 5.85. The van der Waals surface area contributed by atoms with E-state index in [9.17, 15) is 4.79 Å². The van der Waals surface area contributed by atoms with Gasteiger partial charge in [0, 0.05) is 6.08 Å². The lowest BCUT2D eigenvalue weighted by molar-refractivity contribution is -0.131. The molecule has 0 aliphatic carbocycles. The van der Waals surface area contributed by atoms with E-state index < -0.39 is 5.97 Å². The van der Waals surface area contributed by atoms with Crippen LogP contribution >= 0.6 is 0 Å². The Morgan fingerprint density at radius 2 is 1.73 bits per heavy atom. The van der Waals surface area contributed by atoms with Crippen LogP contribution in [0.15, 0.2) is 54.6 Å². The molecule has 22 heavy (non-hydrogen) atoms. The first-order chi connectivity index (χ1) is 10.3. The van der Waals surface area contributed by atoms with Crippen molar-refractivity contribution in [2.24, 2.45) is 0 Å². The Kier molecular flexibility index (Phi) is 4.66. The molecule has 0 saturated heterocycles. The Labute approximate surface area is 130 Å². The number of aliphatic carboxylic acids is 1. The predicted molar refractivity (Wildman–Crippen MR) is 88.3 cm³/mol. The maximum absolute atomic E-state index is 10.5. The molecule has 114 valence electrons. The van der Waals surface area contributed by atoms with Gasteiger partial charge >= 0.3 is 5.97 Å². The van der Waals surface area contributed by atoms with Gasteiger partial charge in [-0.1, -0.05) is 45.0 Å². The number of rotatable bonds is 4. The summed E-state index contributed by atoms with van der Waals surface area (Å²) in [4.78, 5) is 10.5.